The molecule has 0 aliphatic carbocycles. The fraction of sp³-hybridized carbons (Fsp3) is 0.600. The van der Waals surface area contributed by atoms with E-state index in [1.165, 1.54) is 5.56 Å². The van der Waals surface area contributed by atoms with Crippen molar-refractivity contribution < 1.29 is 9.53 Å². The highest BCUT2D eigenvalue weighted by molar-refractivity contribution is 5.79. The van der Waals surface area contributed by atoms with Gasteiger partial charge in [0.05, 0.1) is 0 Å². The van der Waals surface area contributed by atoms with Crippen molar-refractivity contribution >= 4 is 11.9 Å². The minimum atomic E-state index is -0.385. The number of aliphatic imine (C=N–C) groups is 1. The topological polar surface area (TPSA) is 62.7 Å². The fourth-order valence-corrected chi connectivity index (χ4v) is 2.35. The first kappa shape index (κ1) is 21.0. The van der Waals surface area contributed by atoms with Crippen LogP contribution in [0.25, 0.3) is 0 Å². The smallest absolute Gasteiger partial charge is 0.306 e. The van der Waals surface area contributed by atoms with Crippen molar-refractivity contribution in [3.05, 3.63) is 35.9 Å². The van der Waals surface area contributed by atoms with Crippen molar-refractivity contribution in [2.45, 2.75) is 65.0 Å². The molecule has 0 spiro atoms. The summed E-state index contributed by atoms with van der Waals surface area (Å²) < 4.78 is 5.30. The molecule has 25 heavy (non-hydrogen) atoms. The number of guanidine groups is 1. The van der Waals surface area contributed by atoms with Crippen molar-refractivity contribution in [2.24, 2.45) is 4.99 Å². The number of carbonyl (C=O) groups excluding carboxylic acids is 1. The zero-order valence-electron chi connectivity index (χ0n) is 16.1. The van der Waals surface area contributed by atoms with E-state index >= 15 is 0 Å². The molecule has 0 fully saturated rings. The largest absolute Gasteiger partial charge is 0.460 e. The van der Waals surface area contributed by atoms with Crippen molar-refractivity contribution in [3.63, 3.8) is 0 Å². The average Bonchev–Trinajstić information content (AvgIpc) is 2.56. The Kier molecular flexibility index (Phi) is 9.66. The van der Waals surface area contributed by atoms with Crippen molar-refractivity contribution in [1.82, 2.24) is 10.6 Å². The average molecular weight is 348 g/mol. The molecule has 1 rings (SSSR count). The lowest BCUT2D eigenvalue weighted by molar-refractivity contribution is -0.154. The third-order valence-corrected chi connectivity index (χ3v) is 3.55. The van der Waals surface area contributed by atoms with Crippen LogP contribution in [0.15, 0.2) is 35.3 Å². The maximum atomic E-state index is 11.6. The zero-order chi connectivity index (χ0) is 18.5. The predicted molar refractivity (Wildman–Crippen MR) is 104 cm³/mol. The summed E-state index contributed by atoms with van der Waals surface area (Å²) in [5.41, 5.74) is 0.844. The van der Waals surface area contributed by atoms with E-state index in [0.29, 0.717) is 6.42 Å². The van der Waals surface area contributed by atoms with Crippen LogP contribution in [0.3, 0.4) is 0 Å². The summed E-state index contributed by atoms with van der Waals surface area (Å²) in [4.78, 5) is 15.8. The van der Waals surface area contributed by atoms with Gasteiger partial charge in [-0.05, 0) is 39.2 Å². The molecule has 1 aromatic carbocycles. The normalized spacial score (nSPS) is 11.9. The Bertz CT molecular complexity index is 521. The number of nitrogens with zero attached hydrogens (tertiary/aromatic N) is 1. The second kappa shape index (κ2) is 11.5. The first-order valence-corrected chi connectivity index (χ1v) is 9.11. The van der Waals surface area contributed by atoms with E-state index in [9.17, 15) is 4.79 Å². The molecule has 5 heteroatoms. The van der Waals surface area contributed by atoms with E-state index in [1.54, 1.807) is 7.05 Å². The minimum absolute atomic E-state index is 0.101. The van der Waals surface area contributed by atoms with Gasteiger partial charge in [-0.3, -0.25) is 9.79 Å². The van der Waals surface area contributed by atoms with Gasteiger partial charge in [-0.25, -0.2) is 0 Å². The van der Waals surface area contributed by atoms with Gasteiger partial charge in [-0.2, -0.15) is 0 Å². The Labute approximate surface area is 152 Å². The predicted octanol–water partition coefficient (Wildman–Crippen LogP) is 3.64. The SMILES string of the molecule is CN=C(NCCCCCCC(=O)OC(C)(C)C)NCc1ccccc1. The third-order valence-electron chi connectivity index (χ3n) is 3.55. The van der Waals surface area contributed by atoms with Crippen LogP contribution < -0.4 is 10.6 Å². The molecule has 0 heterocycles. The van der Waals surface area contributed by atoms with Gasteiger partial charge in [0.1, 0.15) is 5.60 Å². The maximum absolute atomic E-state index is 11.6. The molecule has 0 aliphatic rings. The van der Waals surface area contributed by atoms with Crippen molar-refractivity contribution in [1.29, 1.82) is 0 Å². The summed E-state index contributed by atoms with van der Waals surface area (Å²) in [5, 5.41) is 6.62. The van der Waals surface area contributed by atoms with Crippen molar-refractivity contribution in [3.8, 4) is 0 Å². The van der Waals surface area contributed by atoms with Gasteiger partial charge in [0, 0.05) is 26.6 Å². The van der Waals surface area contributed by atoms with Gasteiger partial charge in [-0.1, -0.05) is 43.2 Å². The number of carbonyl (C=O) groups is 1. The molecule has 0 unspecified atom stereocenters. The van der Waals surface area contributed by atoms with Gasteiger partial charge in [0.25, 0.3) is 0 Å². The number of esters is 1. The Balaban J connectivity index is 2.05. The quantitative estimate of drug-likeness (QED) is 0.310. The second-order valence-electron chi connectivity index (χ2n) is 7.09. The number of hydrogen-bond donors (Lipinski definition) is 2. The summed E-state index contributed by atoms with van der Waals surface area (Å²) >= 11 is 0. The lowest BCUT2D eigenvalue weighted by Crippen LogP contribution is -2.37. The van der Waals surface area contributed by atoms with Crippen LogP contribution in [0.2, 0.25) is 0 Å². The van der Waals surface area contributed by atoms with E-state index in [-0.39, 0.29) is 11.6 Å². The Morgan fingerprint density at radius 2 is 1.72 bits per heavy atom. The molecule has 0 aromatic heterocycles. The molecule has 5 nitrogen and oxygen atoms in total. The summed E-state index contributed by atoms with van der Waals surface area (Å²) in [6, 6.07) is 10.3. The number of nitrogens with one attached hydrogen (secondary N) is 2. The number of benzene rings is 1. The van der Waals surface area contributed by atoms with Gasteiger partial charge in [0.2, 0.25) is 0 Å². The highest BCUT2D eigenvalue weighted by Gasteiger charge is 2.15. The molecule has 0 amide bonds. The van der Waals surface area contributed by atoms with Gasteiger partial charge in [0.15, 0.2) is 5.96 Å². The number of hydrogen-bond acceptors (Lipinski definition) is 3. The van der Waals surface area contributed by atoms with E-state index in [4.69, 9.17) is 4.74 Å². The standard InChI is InChI=1S/C20H33N3O2/c1-20(2,3)25-18(24)14-10-5-6-11-15-22-19(21-4)23-16-17-12-8-7-9-13-17/h7-9,12-13H,5-6,10-11,14-16H2,1-4H3,(H2,21,22,23). The molecule has 0 aliphatic heterocycles. The van der Waals surface area contributed by atoms with Crippen LogP contribution in [0.1, 0.15) is 58.4 Å². The Hall–Kier alpha value is -2.04. The minimum Gasteiger partial charge on any atom is -0.460 e. The highest BCUT2D eigenvalue weighted by atomic mass is 16.6. The van der Waals surface area contributed by atoms with E-state index in [1.807, 2.05) is 39.0 Å². The van der Waals surface area contributed by atoms with Gasteiger partial charge in [-0.15, -0.1) is 0 Å². The van der Waals surface area contributed by atoms with E-state index < -0.39 is 0 Å². The van der Waals surface area contributed by atoms with Crippen molar-refractivity contribution in [2.75, 3.05) is 13.6 Å². The van der Waals surface area contributed by atoms with Crippen LogP contribution in [-0.4, -0.2) is 31.1 Å². The number of rotatable bonds is 9. The van der Waals surface area contributed by atoms with Crippen LogP contribution in [-0.2, 0) is 16.1 Å². The molecule has 0 saturated carbocycles. The van der Waals surface area contributed by atoms with Gasteiger partial charge >= 0.3 is 5.97 Å². The Morgan fingerprint density at radius 1 is 1.04 bits per heavy atom. The first-order valence-electron chi connectivity index (χ1n) is 9.11. The highest BCUT2D eigenvalue weighted by Crippen LogP contribution is 2.10. The monoisotopic (exact) mass is 347 g/mol. The molecule has 0 bridgehead atoms. The zero-order valence-corrected chi connectivity index (χ0v) is 16.1. The molecule has 1 aromatic rings. The first-order chi connectivity index (χ1) is 11.9. The molecule has 0 radical (unpaired) electrons. The van der Waals surface area contributed by atoms with Crippen LogP contribution in [0.4, 0.5) is 0 Å². The van der Waals surface area contributed by atoms with Gasteiger partial charge < -0.3 is 15.4 Å². The molecular weight excluding hydrogens is 314 g/mol. The number of unbranched alkanes of at least 4 members (excludes halogenated alkanes) is 3. The van der Waals surface area contributed by atoms with Crippen LogP contribution >= 0.6 is 0 Å². The Morgan fingerprint density at radius 3 is 2.36 bits per heavy atom. The molecule has 140 valence electrons. The molecule has 2 N–H and O–H groups in total. The summed E-state index contributed by atoms with van der Waals surface area (Å²) in [5.74, 6) is 0.716. The fourth-order valence-electron chi connectivity index (χ4n) is 2.35. The van der Waals surface area contributed by atoms with E-state index in [0.717, 1.165) is 44.7 Å². The lowest BCUT2D eigenvalue weighted by atomic mass is 10.1. The maximum Gasteiger partial charge on any atom is 0.306 e. The lowest BCUT2D eigenvalue weighted by Gasteiger charge is -2.19. The third kappa shape index (κ3) is 11.2. The summed E-state index contributed by atoms with van der Waals surface area (Å²) in [6.45, 7) is 7.33. The van der Waals surface area contributed by atoms with E-state index in [2.05, 4.69) is 27.8 Å². The molecule has 0 atom stereocenters. The second-order valence-corrected chi connectivity index (χ2v) is 7.09. The van der Waals surface area contributed by atoms with Crippen LogP contribution in [0, 0.1) is 0 Å². The number of ether oxygens (including phenoxy) is 1. The summed E-state index contributed by atoms with van der Waals surface area (Å²) in [7, 11) is 1.78. The van der Waals surface area contributed by atoms with Crippen LogP contribution in [0.5, 0.6) is 0 Å². The molecule has 0 saturated heterocycles. The molecular formula is C20H33N3O2. The summed E-state index contributed by atoms with van der Waals surface area (Å²) in [6.07, 6.45) is 4.57.